The van der Waals surface area contributed by atoms with Gasteiger partial charge in [0.15, 0.2) is 0 Å². The van der Waals surface area contributed by atoms with Crippen molar-refractivity contribution < 1.29 is 18.0 Å². The van der Waals surface area contributed by atoms with Crippen molar-refractivity contribution in [1.82, 2.24) is 30.1 Å². The number of halogens is 2. The molecule has 0 spiro atoms. The Morgan fingerprint density at radius 2 is 2.05 bits per heavy atom. The Hall–Kier alpha value is -4.40. The molecule has 0 bridgehead atoms. The quantitative estimate of drug-likeness (QED) is 0.378. The van der Waals surface area contributed by atoms with E-state index in [2.05, 4.69) is 37.0 Å². The van der Waals surface area contributed by atoms with E-state index in [0.717, 1.165) is 11.2 Å². The summed E-state index contributed by atoms with van der Waals surface area (Å²) in [5.41, 5.74) is 3.80. The zero-order valence-corrected chi connectivity index (χ0v) is 21.1. The zero-order valence-electron chi connectivity index (χ0n) is 21.1. The number of anilines is 1. The van der Waals surface area contributed by atoms with Crippen LogP contribution >= 0.6 is 0 Å². The van der Waals surface area contributed by atoms with E-state index in [0.29, 0.717) is 28.9 Å². The Morgan fingerprint density at radius 3 is 2.76 bits per heavy atom. The number of carbonyl (C=O) groups is 1. The molecule has 0 saturated heterocycles. The second-order valence-electron chi connectivity index (χ2n) is 9.76. The maximum Gasteiger partial charge on any atom is 0.268 e. The molecule has 1 fully saturated rings. The normalized spacial score (nSPS) is 18.9. The second-order valence-corrected chi connectivity index (χ2v) is 9.76. The van der Waals surface area contributed by atoms with Gasteiger partial charge < -0.3 is 15.1 Å². The van der Waals surface area contributed by atoms with Crippen molar-refractivity contribution in [2.75, 3.05) is 5.32 Å². The number of rotatable bonds is 6. The van der Waals surface area contributed by atoms with Crippen molar-refractivity contribution in [1.29, 1.82) is 5.26 Å². The minimum atomic E-state index is -3.08. The topological polar surface area (TPSA) is 134 Å². The van der Waals surface area contributed by atoms with Gasteiger partial charge in [0.05, 0.1) is 46.0 Å². The predicted octanol–water partition coefficient (Wildman–Crippen LogP) is 4.55. The van der Waals surface area contributed by atoms with Crippen LogP contribution in [-0.2, 0) is 4.79 Å². The molecule has 1 saturated carbocycles. The Bertz CT molecular complexity index is 1540. The summed E-state index contributed by atoms with van der Waals surface area (Å²) in [5, 5.41) is 27.4. The lowest BCUT2D eigenvalue weighted by Crippen LogP contribution is -2.50. The average molecular weight is 521 g/mol. The molecule has 4 aromatic rings. The highest BCUT2D eigenvalue weighted by Crippen LogP contribution is 2.42. The second kappa shape index (κ2) is 9.81. The van der Waals surface area contributed by atoms with E-state index in [1.807, 2.05) is 32.0 Å². The van der Waals surface area contributed by atoms with E-state index >= 15 is 0 Å². The summed E-state index contributed by atoms with van der Waals surface area (Å²) < 4.78 is 37.0. The highest BCUT2D eigenvalue weighted by molar-refractivity contribution is 5.77. The summed E-state index contributed by atoms with van der Waals surface area (Å²) in [7, 11) is 0. The molecule has 12 heteroatoms. The summed E-state index contributed by atoms with van der Waals surface area (Å²) in [6.45, 7) is 5.20. The summed E-state index contributed by atoms with van der Waals surface area (Å²) >= 11 is 0. The summed E-state index contributed by atoms with van der Waals surface area (Å²) in [4.78, 5) is 15.9. The van der Waals surface area contributed by atoms with E-state index in [4.69, 9.17) is 9.68 Å². The highest BCUT2D eigenvalue weighted by atomic mass is 19.3. The number of fused-ring (bicyclic) bond motifs is 1. The van der Waals surface area contributed by atoms with Crippen LogP contribution in [0.15, 0.2) is 41.1 Å². The number of hydrogen-bond donors (Lipinski definition) is 2. The van der Waals surface area contributed by atoms with Crippen LogP contribution < -0.4 is 10.6 Å². The first-order valence-corrected chi connectivity index (χ1v) is 12.3. The fraction of sp³-hybridized carbons (Fsp3) is 0.385. The summed E-state index contributed by atoms with van der Waals surface area (Å²) in [6, 6.07) is 8.25. The van der Waals surface area contributed by atoms with Crippen LogP contribution in [0.1, 0.15) is 57.4 Å². The molecule has 1 unspecified atom stereocenters. The van der Waals surface area contributed by atoms with Crippen molar-refractivity contribution >= 4 is 17.1 Å². The van der Waals surface area contributed by atoms with Crippen molar-refractivity contribution in [2.24, 2.45) is 0 Å². The van der Waals surface area contributed by atoms with E-state index in [9.17, 15) is 13.6 Å². The standard InChI is InChI=1S/C26H26F2N8O2/c1-14(2)32-20-9-21(22-6-5-18-8-16(11-29)12-31-36(18)22)30-13-19(20)25-35-34-24(38-25)17-4-7-23(33-15(3)37)26(27,28)10-17/h5-6,8-9,12-14,17,23H,4,7,10H2,1-3H3,(H,30,32)(H,33,37)/t17?,23-/m1/s1. The smallest absolute Gasteiger partial charge is 0.268 e. The van der Waals surface area contributed by atoms with Gasteiger partial charge in [-0.05, 0) is 51.0 Å². The van der Waals surface area contributed by atoms with Crippen LogP contribution in [0.4, 0.5) is 14.5 Å². The predicted molar refractivity (Wildman–Crippen MR) is 134 cm³/mol. The van der Waals surface area contributed by atoms with Gasteiger partial charge in [0.25, 0.3) is 11.8 Å². The maximum atomic E-state index is 14.7. The van der Waals surface area contributed by atoms with Gasteiger partial charge >= 0.3 is 0 Å². The number of nitriles is 1. The van der Waals surface area contributed by atoms with Gasteiger partial charge in [-0.15, -0.1) is 10.2 Å². The molecule has 0 aromatic carbocycles. The van der Waals surface area contributed by atoms with E-state index < -0.39 is 30.2 Å². The molecular formula is C26H26F2N8O2. The Labute approximate surface area is 217 Å². The van der Waals surface area contributed by atoms with Crippen molar-refractivity contribution in [3.05, 3.63) is 48.1 Å². The van der Waals surface area contributed by atoms with Gasteiger partial charge in [0.2, 0.25) is 11.8 Å². The van der Waals surface area contributed by atoms with Crippen LogP contribution in [0.5, 0.6) is 0 Å². The van der Waals surface area contributed by atoms with E-state index in [-0.39, 0.29) is 24.2 Å². The molecule has 2 N–H and O–H groups in total. The number of hydrogen-bond acceptors (Lipinski definition) is 8. The highest BCUT2D eigenvalue weighted by Gasteiger charge is 2.47. The average Bonchev–Trinajstić information content (AvgIpc) is 3.51. The Balaban J connectivity index is 1.45. The molecule has 2 atom stereocenters. The van der Waals surface area contributed by atoms with Crippen LogP contribution in [0.2, 0.25) is 0 Å². The molecule has 5 rings (SSSR count). The molecule has 38 heavy (non-hydrogen) atoms. The first-order valence-electron chi connectivity index (χ1n) is 12.3. The monoisotopic (exact) mass is 520 g/mol. The van der Waals surface area contributed by atoms with Crippen LogP contribution in [-0.4, -0.2) is 48.7 Å². The maximum absolute atomic E-state index is 14.7. The number of aromatic nitrogens is 5. The number of carbonyl (C=O) groups excluding carboxylic acids is 1. The molecule has 196 valence electrons. The number of nitrogens with zero attached hydrogens (tertiary/aromatic N) is 6. The SMILES string of the molecule is CC(=O)N[C@@H]1CCC(c2nnc(-c3cnc(-c4ccc5cc(C#N)cnn45)cc3NC(C)C)o2)CC1(F)F. The molecule has 1 aliphatic carbocycles. The number of pyridine rings is 1. The third kappa shape index (κ3) is 4.91. The van der Waals surface area contributed by atoms with Crippen molar-refractivity contribution in [3.8, 4) is 28.9 Å². The third-order valence-corrected chi connectivity index (χ3v) is 6.47. The van der Waals surface area contributed by atoms with Gasteiger partial charge in [-0.2, -0.15) is 10.4 Å². The fourth-order valence-corrected chi connectivity index (χ4v) is 4.74. The molecule has 1 amide bonds. The Kier molecular flexibility index (Phi) is 6.52. The first kappa shape index (κ1) is 25.3. The number of amides is 1. The van der Waals surface area contributed by atoms with Gasteiger partial charge in [0.1, 0.15) is 6.07 Å². The van der Waals surface area contributed by atoms with Gasteiger partial charge in [-0.25, -0.2) is 13.3 Å². The lowest BCUT2D eigenvalue weighted by atomic mass is 9.83. The molecule has 0 aliphatic heterocycles. The molecular weight excluding hydrogens is 494 g/mol. The molecule has 0 radical (unpaired) electrons. The first-order chi connectivity index (χ1) is 18.1. The van der Waals surface area contributed by atoms with Crippen LogP contribution in [0.25, 0.3) is 28.4 Å². The fourth-order valence-electron chi connectivity index (χ4n) is 4.74. The molecule has 10 nitrogen and oxygen atoms in total. The lowest BCUT2D eigenvalue weighted by molar-refractivity contribution is -0.126. The summed E-state index contributed by atoms with van der Waals surface area (Å²) in [5.74, 6) is -3.88. The molecule has 1 aliphatic rings. The van der Waals surface area contributed by atoms with E-state index in [1.54, 1.807) is 16.8 Å². The minimum Gasteiger partial charge on any atom is -0.420 e. The van der Waals surface area contributed by atoms with E-state index in [1.165, 1.54) is 13.1 Å². The number of nitrogens with one attached hydrogen (secondary N) is 2. The molecule has 4 aromatic heterocycles. The van der Waals surface area contributed by atoms with Gasteiger partial charge in [0, 0.05) is 31.5 Å². The zero-order chi connectivity index (χ0) is 27.0. The van der Waals surface area contributed by atoms with Crippen LogP contribution in [0.3, 0.4) is 0 Å². The molecule has 4 heterocycles. The summed E-state index contributed by atoms with van der Waals surface area (Å²) in [6.07, 6.45) is 3.10. The van der Waals surface area contributed by atoms with Crippen molar-refractivity contribution in [2.45, 2.75) is 64.0 Å². The van der Waals surface area contributed by atoms with Gasteiger partial charge in [-0.3, -0.25) is 9.78 Å². The lowest BCUT2D eigenvalue weighted by Gasteiger charge is -2.34. The van der Waals surface area contributed by atoms with Crippen LogP contribution in [0, 0.1) is 11.3 Å². The largest absolute Gasteiger partial charge is 0.420 e. The minimum absolute atomic E-state index is 0.0644. The van der Waals surface area contributed by atoms with Crippen molar-refractivity contribution in [3.63, 3.8) is 0 Å². The Morgan fingerprint density at radius 1 is 1.24 bits per heavy atom. The number of alkyl halides is 2. The third-order valence-electron chi connectivity index (χ3n) is 6.47. The van der Waals surface area contributed by atoms with Gasteiger partial charge in [-0.1, -0.05) is 0 Å².